The standard InChI is InChI=1S/C22H31ClN4O3S/c1-3-5-6-7-15-27-21(17-10-12-18(23)13-11-17)25-26-22(27)31-16-19(28)24-14-8-9-20(29)30-4-2/h10-13H,3-9,14-16H2,1-2H3,(H,24,28). The van der Waals surface area contributed by atoms with Crippen LogP contribution in [-0.2, 0) is 20.9 Å². The summed E-state index contributed by atoms with van der Waals surface area (Å²) in [6.45, 7) is 5.58. The highest BCUT2D eigenvalue weighted by molar-refractivity contribution is 7.99. The monoisotopic (exact) mass is 466 g/mol. The van der Waals surface area contributed by atoms with Crippen LogP contribution >= 0.6 is 23.4 Å². The minimum Gasteiger partial charge on any atom is -0.466 e. The number of halogens is 1. The summed E-state index contributed by atoms with van der Waals surface area (Å²) in [6.07, 6.45) is 5.39. The molecular formula is C22H31ClN4O3S. The molecule has 0 unspecified atom stereocenters. The first-order valence-electron chi connectivity index (χ1n) is 10.8. The minimum absolute atomic E-state index is 0.0950. The van der Waals surface area contributed by atoms with Gasteiger partial charge < -0.3 is 14.6 Å². The van der Waals surface area contributed by atoms with Crippen molar-refractivity contribution in [3.63, 3.8) is 0 Å². The quantitative estimate of drug-likeness (QED) is 0.246. The average molecular weight is 467 g/mol. The lowest BCUT2D eigenvalue weighted by Crippen LogP contribution is -2.26. The number of carbonyl (C=O) groups is 2. The molecule has 0 saturated heterocycles. The Labute approximate surface area is 193 Å². The normalized spacial score (nSPS) is 10.8. The highest BCUT2D eigenvalue weighted by Crippen LogP contribution is 2.26. The second-order valence-electron chi connectivity index (χ2n) is 7.07. The first kappa shape index (κ1) is 25.2. The molecule has 0 saturated carbocycles. The zero-order valence-electron chi connectivity index (χ0n) is 18.2. The number of esters is 1. The third-order valence-electron chi connectivity index (χ3n) is 4.57. The number of nitrogens with one attached hydrogen (secondary N) is 1. The minimum atomic E-state index is -0.239. The fourth-order valence-electron chi connectivity index (χ4n) is 2.98. The Morgan fingerprint density at radius 3 is 2.58 bits per heavy atom. The number of carbonyl (C=O) groups excluding carboxylic acids is 2. The number of ether oxygens (including phenoxy) is 1. The highest BCUT2D eigenvalue weighted by atomic mass is 35.5. The number of benzene rings is 1. The van der Waals surface area contributed by atoms with Gasteiger partial charge in [0, 0.05) is 30.1 Å². The van der Waals surface area contributed by atoms with E-state index in [0.717, 1.165) is 35.9 Å². The maximum absolute atomic E-state index is 12.2. The van der Waals surface area contributed by atoms with E-state index in [0.29, 0.717) is 31.0 Å². The molecule has 2 rings (SSSR count). The van der Waals surface area contributed by atoms with Gasteiger partial charge in [0.2, 0.25) is 5.91 Å². The molecule has 0 spiro atoms. The van der Waals surface area contributed by atoms with Gasteiger partial charge in [-0.3, -0.25) is 9.59 Å². The summed E-state index contributed by atoms with van der Waals surface area (Å²) in [5.74, 6) is 0.692. The molecule has 1 aromatic carbocycles. The Morgan fingerprint density at radius 2 is 1.87 bits per heavy atom. The van der Waals surface area contributed by atoms with E-state index in [1.54, 1.807) is 6.92 Å². The number of thioether (sulfide) groups is 1. The van der Waals surface area contributed by atoms with Crippen LogP contribution in [0.25, 0.3) is 11.4 Å². The maximum atomic E-state index is 12.2. The predicted molar refractivity (Wildman–Crippen MR) is 124 cm³/mol. The van der Waals surface area contributed by atoms with E-state index < -0.39 is 0 Å². The van der Waals surface area contributed by atoms with Crippen LogP contribution in [0.15, 0.2) is 29.4 Å². The number of rotatable bonds is 14. The first-order valence-corrected chi connectivity index (χ1v) is 12.2. The van der Waals surface area contributed by atoms with E-state index >= 15 is 0 Å². The van der Waals surface area contributed by atoms with Crippen molar-refractivity contribution in [3.05, 3.63) is 29.3 Å². The Kier molecular flexibility index (Phi) is 11.5. The number of nitrogens with zero attached hydrogens (tertiary/aromatic N) is 3. The zero-order chi connectivity index (χ0) is 22.5. The fraction of sp³-hybridized carbons (Fsp3) is 0.545. The Balaban J connectivity index is 1.93. The molecule has 7 nitrogen and oxygen atoms in total. The molecule has 1 aromatic heterocycles. The van der Waals surface area contributed by atoms with Crippen LogP contribution in [0.3, 0.4) is 0 Å². The van der Waals surface area contributed by atoms with Crippen molar-refractivity contribution in [3.8, 4) is 11.4 Å². The molecular weight excluding hydrogens is 436 g/mol. The summed E-state index contributed by atoms with van der Waals surface area (Å²) in [7, 11) is 0. The van der Waals surface area contributed by atoms with Crippen molar-refractivity contribution in [2.45, 2.75) is 64.1 Å². The van der Waals surface area contributed by atoms with E-state index in [1.807, 2.05) is 24.3 Å². The topological polar surface area (TPSA) is 86.1 Å². The largest absolute Gasteiger partial charge is 0.466 e. The van der Waals surface area contributed by atoms with E-state index in [1.165, 1.54) is 24.6 Å². The van der Waals surface area contributed by atoms with E-state index in [4.69, 9.17) is 16.3 Å². The summed E-state index contributed by atoms with van der Waals surface area (Å²) in [6, 6.07) is 7.53. The summed E-state index contributed by atoms with van der Waals surface area (Å²) in [5, 5.41) is 12.9. The van der Waals surface area contributed by atoms with Crippen LogP contribution < -0.4 is 5.32 Å². The van der Waals surface area contributed by atoms with Crippen LogP contribution in [0, 0.1) is 0 Å². The molecule has 170 valence electrons. The molecule has 2 aromatic rings. The lowest BCUT2D eigenvalue weighted by atomic mass is 10.2. The van der Waals surface area contributed by atoms with Gasteiger partial charge >= 0.3 is 5.97 Å². The summed E-state index contributed by atoms with van der Waals surface area (Å²) in [4.78, 5) is 23.5. The van der Waals surface area contributed by atoms with Gasteiger partial charge in [-0.2, -0.15) is 0 Å². The second kappa shape index (κ2) is 14.1. The summed E-state index contributed by atoms with van der Waals surface area (Å²) < 4.78 is 6.96. The van der Waals surface area contributed by atoms with Crippen molar-refractivity contribution >= 4 is 35.2 Å². The lowest BCUT2D eigenvalue weighted by Gasteiger charge is -2.10. The smallest absolute Gasteiger partial charge is 0.305 e. The number of hydrogen-bond acceptors (Lipinski definition) is 6. The van der Waals surface area contributed by atoms with Crippen molar-refractivity contribution in [2.75, 3.05) is 18.9 Å². The van der Waals surface area contributed by atoms with Gasteiger partial charge in [-0.25, -0.2) is 0 Å². The van der Waals surface area contributed by atoms with Crippen LogP contribution in [0.5, 0.6) is 0 Å². The number of amides is 1. The van der Waals surface area contributed by atoms with E-state index in [-0.39, 0.29) is 17.6 Å². The summed E-state index contributed by atoms with van der Waals surface area (Å²) >= 11 is 7.38. The molecule has 0 radical (unpaired) electrons. The van der Waals surface area contributed by atoms with Gasteiger partial charge in [0.05, 0.1) is 12.4 Å². The summed E-state index contributed by atoms with van der Waals surface area (Å²) in [5.41, 5.74) is 0.947. The van der Waals surface area contributed by atoms with Gasteiger partial charge in [0.15, 0.2) is 11.0 Å². The lowest BCUT2D eigenvalue weighted by molar-refractivity contribution is -0.143. The molecule has 1 heterocycles. The van der Waals surface area contributed by atoms with Crippen molar-refractivity contribution < 1.29 is 14.3 Å². The van der Waals surface area contributed by atoms with Crippen LogP contribution in [0.4, 0.5) is 0 Å². The molecule has 0 fully saturated rings. The molecule has 9 heteroatoms. The Bertz CT molecular complexity index is 827. The molecule has 0 bridgehead atoms. The van der Waals surface area contributed by atoms with Crippen molar-refractivity contribution in [1.29, 1.82) is 0 Å². The van der Waals surface area contributed by atoms with Crippen LogP contribution in [0.1, 0.15) is 52.4 Å². The SMILES string of the molecule is CCCCCCn1c(SCC(=O)NCCCC(=O)OCC)nnc1-c1ccc(Cl)cc1. The predicted octanol–water partition coefficient (Wildman–Crippen LogP) is 4.73. The van der Waals surface area contributed by atoms with Crippen molar-refractivity contribution in [1.82, 2.24) is 20.1 Å². The highest BCUT2D eigenvalue weighted by Gasteiger charge is 2.15. The van der Waals surface area contributed by atoms with Gasteiger partial charge in [0.25, 0.3) is 0 Å². The first-order chi connectivity index (χ1) is 15.0. The molecule has 0 aliphatic heterocycles. The average Bonchev–Trinajstić information content (AvgIpc) is 3.16. The van der Waals surface area contributed by atoms with Gasteiger partial charge in [-0.15, -0.1) is 10.2 Å². The van der Waals surface area contributed by atoms with E-state index in [9.17, 15) is 9.59 Å². The molecule has 1 amide bonds. The number of unbranched alkanes of at least 4 members (excludes halogenated alkanes) is 3. The van der Waals surface area contributed by atoms with Gasteiger partial charge in [-0.1, -0.05) is 49.5 Å². The maximum Gasteiger partial charge on any atom is 0.305 e. The Morgan fingerprint density at radius 1 is 1.10 bits per heavy atom. The molecule has 0 aliphatic carbocycles. The van der Waals surface area contributed by atoms with Gasteiger partial charge in [0.1, 0.15) is 0 Å². The molecule has 31 heavy (non-hydrogen) atoms. The van der Waals surface area contributed by atoms with Crippen molar-refractivity contribution in [2.24, 2.45) is 0 Å². The third kappa shape index (κ3) is 8.91. The van der Waals surface area contributed by atoms with Crippen LogP contribution in [0.2, 0.25) is 5.02 Å². The second-order valence-corrected chi connectivity index (χ2v) is 8.45. The van der Waals surface area contributed by atoms with Crippen LogP contribution in [-0.4, -0.2) is 45.5 Å². The number of aromatic nitrogens is 3. The molecule has 0 aliphatic rings. The molecule has 0 atom stereocenters. The molecule has 1 N–H and O–H groups in total. The third-order valence-corrected chi connectivity index (χ3v) is 5.79. The zero-order valence-corrected chi connectivity index (χ0v) is 19.8. The fourth-order valence-corrected chi connectivity index (χ4v) is 3.90. The van der Waals surface area contributed by atoms with E-state index in [2.05, 4.69) is 27.0 Å². The van der Waals surface area contributed by atoms with Gasteiger partial charge in [-0.05, 0) is 44.0 Å². The number of hydrogen-bond donors (Lipinski definition) is 1. The Hall–Kier alpha value is -2.06.